The van der Waals surface area contributed by atoms with Crippen LogP contribution in [-0.2, 0) is 11.2 Å². The Balaban J connectivity index is 1.73. The summed E-state index contributed by atoms with van der Waals surface area (Å²) in [6, 6.07) is 19.5. The second-order valence-electron chi connectivity index (χ2n) is 6.75. The Morgan fingerprint density at radius 3 is 2.10 bits per heavy atom. The molecule has 6 nitrogen and oxygen atoms in total. The predicted molar refractivity (Wildman–Crippen MR) is 122 cm³/mol. The molecule has 31 heavy (non-hydrogen) atoms. The van der Waals surface area contributed by atoms with E-state index in [2.05, 4.69) is 10.6 Å². The number of nitrogens with one attached hydrogen (secondary N) is 2. The van der Waals surface area contributed by atoms with Crippen molar-refractivity contribution in [1.82, 2.24) is 0 Å². The van der Waals surface area contributed by atoms with Crippen molar-refractivity contribution < 1.29 is 19.1 Å². The van der Waals surface area contributed by atoms with Gasteiger partial charge in [0.1, 0.15) is 11.5 Å². The highest BCUT2D eigenvalue weighted by molar-refractivity contribution is 6.30. The van der Waals surface area contributed by atoms with E-state index < -0.39 is 0 Å². The summed E-state index contributed by atoms with van der Waals surface area (Å²) < 4.78 is 10.8. The van der Waals surface area contributed by atoms with E-state index in [1.165, 1.54) is 14.2 Å². The summed E-state index contributed by atoms with van der Waals surface area (Å²) in [5.74, 6) is 0.344. The van der Waals surface area contributed by atoms with Crippen molar-refractivity contribution in [2.45, 2.75) is 12.8 Å². The van der Waals surface area contributed by atoms with Crippen LogP contribution in [0, 0.1) is 0 Å². The molecule has 3 aromatic rings. The lowest BCUT2D eigenvalue weighted by Gasteiger charge is -2.16. The van der Waals surface area contributed by atoms with E-state index in [0.29, 0.717) is 39.9 Å². The first-order valence-corrected chi connectivity index (χ1v) is 10.0. The van der Waals surface area contributed by atoms with Crippen LogP contribution in [0.2, 0.25) is 5.02 Å². The van der Waals surface area contributed by atoms with Crippen LogP contribution in [0.3, 0.4) is 0 Å². The van der Waals surface area contributed by atoms with Gasteiger partial charge in [-0.2, -0.15) is 0 Å². The average Bonchev–Trinajstić information content (AvgIpc) is 2.79. The molecular formula is C24H23ClN2O4. The molecule has 0 saturated heterocycles. The van der Waals surface area contributed by atoms with E-state index in [9.17, 15) is 9.59 Å². The largest absolute Gasteiger partial charge is 0.494 e. The highest BCUT2D eigenvalue weighted by atomic mass is 35.5. The normalized spacial score (nSPS) is 10.3. The van der Waals surface area contributed by atoms with Gasteiger partial charge >= 0.3 is 0 Å². The molecule has 0 heterocycles. The molecule has 0 unspecified atom stereocenters. The standard InChI is InChI=1S/C24H23ClN2O4/c1-30-21-15-20(27-24(29)17-8-4-3-5-9-17)22(31-2)14-19(21)26-23(28)12-11-16-7-6-10-18(25)13-16/h3-10,13-15H,11-12H2,1-2H3,(H,26,28)(H,27,29). The van der Waals surface area contributed by atoms with Crippen LogP contribution in [-0.4, -0.2) is 26.0 Å². The number of hydrogen-bond acceptors (Lipinski definition) is 4. The van der Waals surface area contributed by atoms with E-state index in [4.69, 9.17) is 21.1 Å². The number of halogens is 1. The summed E-state index contributed by atoms with van der Waals surface area (Å²) >= 11 is 5.99. The maximum atomic E-state index is 12.5. The third-order valence-electron chi connectivity index (χ3n) is 4.61. The Kier molecular flexibility index (Phi) is 7.51. The summed E-state index contributed by atoms with van der Waals surface area (Å²) in [5, 5.41) is 6.30. The number of amides is 2. The summed E-state index contributed by atoms with van der Waals surface area (Å²) in [6.07, 6.45) is 0.829. The van der Waals surface area contributed by atoms with E-state index >= 15 is 0 Å². The molecule has 0 bridgehead atoms. The fraction of sp³-hybridized carbons (Fsp3) is 0.167. The van der Waals surface area contributed by atoms with Crippen molar-refractivity contribution in [3.05, 3.63) is 82.9 Å². The molecule has 0 aliphatic rings. The van der Waals surface area contributed by atoms with Crippen LogP contribution in [0.5, 0.6) is 11.5 Å². The number of ether oxygens (including phenoxy) is 2. The van der Waals surface area contributed by atoms with E-state index in [1.54, 1.807) is 42.5 Å². The molecule has 0 aliphatic heterocycles. The number of carbonyl (C=O) groups is 2. The first-order chi connectivity index (χ1) is 15.0. The molecule has 0 saturated carbocycles. The van der Waals surface area contributed by atoms with Gasteiger partial charge in [0.25, 0.3) is 5.91 Å². The molecule has 3 rings (SSSR count). The van der Waals surface area contributed by atoms with Crippen LogP contribution in [0.1, 0.15) is 22.3 Å². The first-order valence-electron chi connectivity index (χ1n) is 9.67. The van der Waals surface area contributed by atoms with Crippen molar-refractivity contribution >= 4 is 34.8 Å². The van der Waals surface area contributed by atoms with Crippen LogP contribution in [0.4, 0.5) is 11.4 Å². The Labute approximate surface area is 186 Å². The number of carbonyl (C=O) groups excluding carboxylic acids is 2. The van der Waals surface area contributed by atoms with Crippen LogP contribution in [0.25, 0.3) is 0 Å². The maximum absolute atomic E-state index is 12.5. The third-order valence-corrected chi connectivity index (χ3v) is 4.84. The molecule has 0 aromatic heterocycles. The average molecular weight is 439 g/mol. The molecule has 0 spiro atoms. The Morgan fingerprint density at radius 2 is 1.48 bits per heavy atom. The second-order valence-corrected chi connectivity index (χ2v) is 7.19. The van der Waals surface area contributed by atoms with Gasteiger partial charge in [0, 0.05) is 29.1 Å². The molecular weight excluding hydrogens is 416 g/mol. The molecule has 0 aliphatic carbocycles. The number of hydrogen-bond donors (Lipinski definition) is 2. The van der Waals surface area contributed by atoms with E-state index in [-0.39, 0.29) is 18.2 Å². The fourth-order valence-electron chi connectivity index (χ4n) is 3.04. The summed E-state index contributed by atoms with van der Waals surface area (Å²) in [4.78, 5) is 25.0. The molecule has 0 fully saturated rings. The molecule has 0 atom stereocenters. The number of aryl methyl sites for hydroxylation is 1. The number of benzene rings is 3. The number of anilines is 2. The van der Waals surface area contributed by atoms with Gasteiger partial charge in [-0.15, -0.1) is 0 Å². The fourth-order valence-corrected chi connectivity index (χ4v) is 3.25. The highest BCUT2D eigenvalue weighted by Crippen LogP contribution is 2.36. The smallest absolute Gasteiger partial charge is 0.255 e. The monoisotopic (exact) mass is 438 g/mol. The van der Waals surface area contributed by atoms with Gasteiger partial charge in [0.15, 0.2) is 0 Å². The van der Waals surface area contributed by atoms with Crippen molar-refractivity contribution in [2.75, 3.05) is 24.9 Å². The van der Waals surface area contributed by atoms with Crippen molar-refractivity contribution in [1.29, 1.82) is 0 Å². The van der Waals surface area contributed by atoms with E-state index in [0.717, 1.165) is 5.56 Å². The van der Waals surface area contributed by atoms with Crippen LogP contribution >= 0.6 is 11.6 Å². The third kappa shape index (κ3) is 5.99. The molecule has 0 radical (unpaired) electrons. The molecule has 160 valence electrons. The zero-order valence-corrected chi connectivity index (χ0v) is 18.0. The van der Waals surface area contributed by atoms with Gasteiger partial charge in [-0.3, -0.25) is 9.59 Å². The zero-order chi connectivity index (χ0) is 22.2. The van der Waals surface area contributed by atoms with Gasteiger partial charge in [-0.1, -0.05) is 41.9 Å². The van der Waals surface area contributed by atoms with Gasteiger partial charge in [0.2, 0.25) is 5.91 Å². The zero-order valence-electron chi connectivity index (χ0n) is 17.3. The molecule has 3 aromatic carbocycles. The van der Waals surface area contributed by atoms with E-state index in [1.807, 2.05) is 24.3 Å². The maximum Gasteiger partial charge on any atom is 0.255 e. The lowest BCUT2D eigenvalue weighted by Crippen LogP contribution is -2.15. The quantitative estimate of drug-likeness (QED) is 0.508. The number of methoxy groups -OCH3 is 2. The molecule has 2 amide bonds. The topological polar surface area (TPSA) is 76.7 Å². The lowest BCUT2D eigenvalue weighted by molar-refractivity contribution is -0.116. The second kappa shape index (κ2) is 10.5. The van der Waals surface area contributed by atoms with Gasteiger partial charge < -0.3 is 20.1 Å². The number of rotatable bonds is 8. The minimum Gasteiger partial charge on any atom is -0.494 e. The first kappa shape index (κ1) is 22.2. The van der Waals surface area contributed by atoms with Crippen LogP contribution < -0.4 is 20.1 Å². The minimum atomic E-state index is -0.278. The lowest BCUT2D eigenvalue weighted by atomic mass is 10.1. The SMILES string of the molecule is COc1cc(NC(=O)c2ccccc2)c(OC)cc1NC(=O)CCc1cccc(Cl)c1. The van der Waals surface area contributed by atoms with Gasteiger partial charge in [-0.25, -0.2) is 0 Å². The predicted octanol–water partition coefficient (Wildman–Crippen LogP) is 5.18. The molecule has 2 N–H and O–H groups in total. The van der Waals surface area contributed by atoms with Crippen molar-refractivity contribution in [2.24, 2.45) is 0 Å². The Morgan fingerprint density at radius 1 is 0.839 bits per heavy atom. The summed E-state index contributed by atoms with van der Waals surface area (Å²) in [6.45, 7) is 0. The molecule has 7 heteroatoms. The minimum absolute atomic E-state index is 0.179. The van der Waals surface area contributed by atoms with Gasteiger partial charge in [0.05, 0.1) is 25.6 Å². The Hall–Kier alpha value is -3.51. The summed E-state index contributed by atoms with van der Waals surface area (Å²) in [7, 11) is 2.98. The van der Waals surface area contributed by atoms with Crippen molar-refractivity contribution in [3.63, 3.8) is 0 Å². The van der Waals surface area contributed by atoms with Crippen molar-refractivity contribution in [3.8, 4) is 11.5 Å². The highest BCUT2D eigenvalue weighted by Gasteiger charge is 2.16. The summed E-state index contributed by atoms with van der Waals surface area (Å²) in [5.41, 5.74) is 2.38. The van der Waals surface area contributed by atoms with Crippen LogP contribution in [0.15, 0.2) is 66.7 Å². The van der Waals surface area contributed by atoms with Gasteiger partial charge in [-0.05, 0) is 36.2 Å². The Bertz CT molecular complexity index is 1070.